The lowest BCUT2D eigenvalue weighted by atomic mass is 10.1. The number of aryl methyl sites for hydroxylation is 1. The largest absolute Gasteiger partial charge is 0.394 e. The lowest BCUT2D eigenvalue weighted by Gasteiger charge is -2.14. The predicted octanol–water partition coefficient (Wildman–Crippen LogP) is 1.90. The molecule has 0 saturated carbocycles. The molecule has 1 atom stereocenters. The Morgan fingerprint density at radius 2 is 2.23 bits per heavy atom. The second kappa shape index (κ2) is 4.61. The first-order valence-corrected chi connectivity index (χ1v) is 4.61. The number of rotatable bonds is 3. The molecule has 13 heavy (non-hydrogen) atoms. The number of likely N-dealkylation sites (N-methyl/N-ethyl adjacent to an activating group) is 1. The molecule has 0 spiro atoms. The minimum atomic E-state index is -0.00373. The van der Waals surface area contributed by atoms with E-state index >= 15 is 0 Å². The molecule has 0 aromatic heterocycles. The molecule has 1 aromatic carbocycles. The average molecular weight is 200 g/mol. The Kier molecular flexibility index (Phi) is 3.72. The van der Waals surface area contributed by atoms with Crippen molar-refractivity contribution < 1.29 is 5.11 Å². The normalized spacial score (nSPS) is 12.9. The Morgan fingerprint density at radius 1 is 1.54 bits per heavy atom. The summed E-state index contributed by atoms with van der Waals surface area (Å²) in [6, 6.07) is 5.76. The van der Waals surface area contributed by atoms with E-state index in [-0.39, 0.29) is 12.6 Å². The van der Waals surface area contributed by atoms with Gasteiger partial charge in [0.15, 0.2) is 0 Å². The monoisotopic (exact) mass is 199 g/mol. The van der Waals surface area contributed by atoms with Crippen molar-refractivity contribution >= 4 is 11.6 Å². The van der Waals surface area contributed by atoms with E-state index in [1.54, 1.807) is 0 Å². The summed E-state index contributed by atoms with van der Waals surface area (Å²) in [5.41, 5.74) is 2.10. The van der Waals surface area contributed by atoms with Crippen molar-refractivity contribution in [3.05, 3.63) is 34.3 Å². The fourth-order valence-corrected chi connectivity index (χ4v) is 1.37. The van der Waals surface area contributed by atoms with Crippen LogP contribution in [0.5, 0.6) is 0 Å². The molecule has 0 bridgehead atoms. The van der Waals surface area contributed by atoms with E-state index in [1.165, 1.54) is 0 Å². The van der Waals surface area contributed by atoms with Crippen LogP contribution in [0, 0.1) is 6.92 Å². The molecule has 0 radical (unpaired) electrons. The number of aliphatic hydroxyl groups is 1. The highest BCUT2D eigenvalue weighted by Gasteiger charge is 2.07. The lowest BCUT2D eigenvalue weighted by molar-refractivity contribution is 0.251. The zero-order chi connectivity index (χ0) is 9.84. The molecule has 0 fully saturated rings. The quantitative estimate of drug-likeness (QED) is 0.780. The fourth-order valence-electron chi connectivity index (χ4n) is 1.25. The number of halogens is 1. The summed E-state index contributed by atoms with van der Waals surface area (Å²) in [6.45, 7) is 2.05. The van der Waals surface area contributed by atoms with Crippen molar-refractivity contribution in [3.8, 4) is 0 Å². The molecule has 2 nitrogen and oxygen atoms in total. The van der Waals surface area contributed by atoms with Crippen molar-refractivity contribution in [1.29, 1.82) is 0 Å². The van der Waals surface area contributed by atoms with Crippen LogP contribution in [0.1, 0.15) is 17.2 Å². The van der Waals surface area contributed by atoms with Gasteiger partial charge >= 0.3 is 0 Å². The van der Waals surface area contributed by atoms with Gasteiger partial charge in [-0.2, -0.15) is 0 Å². The zero-order valence-electron chi connectivity index (χ0n) is 7.84. The molecule has 1 aromatic rings. The van der Waals surface area contributed by atoms with Gasteiger partial charge in [-0.15, -0.1) is 0 Å². The van der Waals surface area contributed by atoms with Gasteiger partial charge in [0.2, 0.25) is 0 Å². The Labute approximate surface area is 83.5 Å². The first-order chi connectivity index (χ1) is 6.19. The van der Waals surface area contributed by atoms with Crippen LogP contribution in [0.15, 0.2) is 18.2 Å². The number of hydrogen-bond donors (Lipinski definition) is 2. The molecule has 0 aliphatic heterocycles. The summed E-state index contributed by atoms with van der Waals surface area (Å²) < 4.78 is 0. The van der Waals surface area contributed by atoms with Crippen molar-refractivity contribution in [1.82, 2.24) is 5.32 Å². The van der Waals surface area contributed by atoms with E-state index in [2.05, 4.69) is 5.32 Å². The molecule has 1 rings (SSSR count). The molecule has 0 aliphatic carbocycles. The summed E-state index contributed by atoms with van der Waals surface area (Å²) in [5, 5.41) is 12.8. The second-order valence-electron chi connectivity index (χ2n) is 3.03. The van der Waals surface area contributed by atoms with E-state index in [1.807, 2.05) is 32.2 Å². The topological polar surface area (TPSA) is 32.3 Å². The average Bonchev–Trinajstić information content (AvgIpc) is 2.13. The number of aliphatic hydroxyl groups excluding tert-OH is 1. The molecular formula is C10H14ClNO. The van der Waals surface area contributed by atoms with Crippen LogP contribution in [0.2, 0.25) is 5.02 Å². The van der Waals surface area contributed by atoms with Crippen molar-refractivity contribution in [2.75, 3.05) is 13.7 Å². The highest BCUT2D eigenvalue weighted by molar-refractivity contribution is 6.31. The van der Waals surface area contributed by atoms with Gasteiger partial charge in [-0.25, -0.2) is 0 Å². The van der Waals surface area contributed by atoms with Crippen LogP contribution in [0.25, 0.3) is 0 Å². The number of benzene rings is 1. The smallest absolute Gasteiger partial charge is 0.0626 e. The van der Waals surface area contributed by atoms with Gasteiger partial charge in [0.05, 0.1) is 12.6 Å². The van der Waals surface area contributed by atoms with E-state index in [9.17, 15) is 0 Å². The Hall–Kier alpha value is -0.570. The van der Waals surface area contributed by atoms with E-state index in [0.717, 1.165) is 16.1 Å². The molecule has 2 N–H and O–H groups in total. The van der Waals surface area contributed by atoms with Gasteiger partial charge in [0.1, 0.15) is 0 Å². The van der Waals surface area contributed by atoms with Crippen LogP contribution < -0.4 is 5.32 Å². The van der Waals surface area contributed by atoms with Gasteiger partial charge in [0.25, 0.3) is 0 Å². The highest BCUT2D eigenvalue weighted by atomic mass is 35.5. The minimum Gasteiger partial charge on any atom is -0.394 e. The predicted molar refractivity (Wildman–Crippen MR) is 55.1 cm³/mol. The summed E-state index contributed by atoms with van der Waals surface area (Å²) in [4.78, 5) is 0. The maximum Gasteiger partial charge on any atom is 0.0626 e. The summed E-state index contributed by atoms with van der Waals surface area (Å²) in [6.07, 6.45) is 0. The first-order valence-electron chi connectivity index (χ1n) is 4.23. The molecular weight excluding hydrogens is 186 g/mol. The van der Waals surface area contributed by atoms with Crippen LogP contribution in [-0.4, -0.2) is 18.8 Å². The maximum absolute atomic E-state index is 9.04. The Bertz CT molecular complexity index is 284. The van der Waals surface area contributed by atoms with Crippen LogP contribution in [0.4, 0.5) is 0 Å². The number of nitrogens with one attached hydrogen (secondary N) is 1. The third-order valence-corrected chi connectivity index (χ3v) is 2.54. The fraction of sp³-hybridized carbons (Fsp3) is 0.400. The van der Waals surface area contributed by atoms with E-state index in [0.29, 0.717) is 0 Å². The Morgan fingerprint density at radius 3 is 2.69 bits per heavy atom. The molecule has 0 heterocycles. The first kappa shape index (κ1) is 10.5. The van der Waals surface area contributed by atoms with Gasteiger partial charge < -0.3 is 10.4 Å². The van der Waals surface area contributed by atoms with E-state index in [4.69, 9.17) is 16.7 Å². The van der Waals surface area contributed by atoms with Crippen LogP contribution >= 0.6 is 11.6 Å². The lowest BCUT2D eigenvalue weighted by Crippen LogP contribution is -2.19. The summed E-state index contributed by atoms with van der Waals surface area (Å²) in [5.74, 6) is 0. The highest BCUT2D eigenvalue weighted by Crippen LogP contribution is 2.20. The van der Waals surface area contributed by atoms with Crippen LogP contribution in [-0.2, 0) is 0 Å². The molecule has 72 valence electrons. The summed E-state index contributed by atoms with van der Waals surface area (Å²) in [7, 11) is 1.82. The van der Waals surface area contributed by atoms with Crippen molar-refractivity contribution in [2.45, 2.75) is 13.0 Å². The third-order valence-electron chi connectivity index (χ3n) is 2.12. The van der Waals surface area contributed by atoms with Crippen LogP contribution in [0.3, 0.4) is 0 Å². The second-order valence-corrected chi connectivity index (χ2v) is 3.44. The maximum atomic E-state index is 9.04. The Balaban J connectivity index is 2.95. The molecule has 0 amide bonds. The standard InChI is InChI=1S/C10H14ClNO/c1-7-5-8(3-4-9(7)11)10(6-13)12-2/h3-5,10,12-13H,6H2,1-2H3/t10-/m1/s1. The van der Waals surface area contributed by atoms with Crippen molar-refractivity contribution in [2.24, 2.45) is 0 Å². The third kappa shape index (κ3) is 2.44. The van der Waals surface area contributed by atoms with Gasteiger partial charge in [-0.3, -0.25) is 0 Å². The van der Waals surface area contributed by atoms with E-state index < -0.39 is 0 Å². The number of hydrogen-bond acceptors (Lipinski definition) is 2. The van der Waals surface area contributed by atoms with Gasteiger partial charge in [0, 0.05) is 5.02 Å². The van der Waals surface area contributed by atoms with Gasteiger partial charge in [-0.05, 0) is 31.2 Å². The minimum absolute atomic E-state index is 0.00373. The SMILES string of the molecule is CN[C@H](CO)c1ccc(Cl)c(C)c1. The molecule has 0 aliphatic rings. The summed E-state index contributed by atoms with van der Waals surface area (Å²) >= 11 is 5.89. The van der Waals surface area contributed by atoms with Crippen molar-refractivity contribution in [3.63, 3.8) is 0 Å². The molecule has 3 heteroatoms. The molecule has 0 unspecified atom stereocenters. The zero-order valence-corrected chi connectivity index (χ0v) is 8.60. The molecule has 0 saturated heterocycles. The van der Waals surface area contributed by atoms with Gasteiger partial charge in [-0.1, -0.05) is 23.7 Å².